The molecule has 0 unspecified atom stereocenters. The minimum absolute atomic E-state index is 0.451. The highest BCUT2D eigenvalue weighted by Crippen LogP contribution is 2.35. The first-order chi connectivity index (χ1) is 9.67. The van der Waals surface area contributed by atoms with E-state index >= 15 is 0 Å². The van der Waals surface area contributed by atoms with Gasteiger partial charge in [0, 0.05) is 6.07 Å². The van der Waals surface area contributed by atoms with Gasteiger partial charge in [-0.05, 0) is 36.2 Å². The van der Waals surface area contributed by atoms with Crippen molar-refractivity contribution >= 4 is 5.69 Å². The second-order valence-electron chi connectivity index (χ2n) is 4.31. The number of anilines is 1. The molecule has 0 aliphatic heterocycles. The molecule has 2 aromatic carbocycles. The molecule has 0 radical (unpaired) electrons. The van der Waals surface area contributed by atoms with Crippen LogP contribution in [-0.2, 0) is 6.42 Å². The molecule has 0 saturated heterocycles. The third kappa shape index (κ3) is 2.83. The molecule has 0 atom stereocenters. The Kier molecular flexibility index (Phi) is 4.11. The molecule has 2 rings (SSSR count). The minimum Gasteiger partial charge on any atom is -0.493 e. The number of nitrogens with two attached hydrogens (primary N) is 1. The Labute approximate surface area is 118 Å². The lowest BCUT2D eigenvalue weighted by Crippen LogP contribution is -1.96. The van der Waals surface area contributed by atoms with Gasteiger partial charge in [-0.1, -0.05) is 13.0 Å². The van der Waals surface area contributed by atoms with Crippen LogP contribution in [0.2, 0.25) is 0 Å². The summed E-state index contributed by atoms with van der Waals surface area (Å²) < 4.78 is 11.1. The normalized spacial score (nSPS) is 9.85. The summed E-state index contributed by atoms with van der Waals surface area (Å²) in [5.41, 5.74) is 8.00. The van der Waals surface area contributed by atoms with E-state index < -0.39 is 0 Å². The standard InChI is InChI=1S/C16H16N2O2/c1-3-11-5-7-14(16(8-11)19-2)20-15-9-12(10-17)4-6-13(15)18/h4-9H,3,18H2,1-2H3. The summed E-state index contributed by atoms with van der Waals surface area (Å²) in [4.78, 5) is 0. The van der Waals surface area contributed by atoms with Gasteiger partial charge in [0.05, 0.1) is 24.4 Å². The van der Waals surface area contributed by atoms with E-state index in [0.29, 0.717) is 28.5 Å². The molecule has 2 aromatic rings. The van der Waals surface area contributed by atoms with Crippen LogP contribution >= 0.6 is 0 Å². The Balaban J connectivity index is 2.37. The summed E-state index contributed by atoms with van der Waals surface area (Å²) in [6.07, 6.45) is 0.919. The molecule has 4 heteroatoms. The quantitative estimate of drug-likeness (QED) is 0.862. The monoisotopic (exact) mass is 268 g/mol. The van der Waals surface area contributed by atoms with Crippen molar-refractivity contribution < 1.29 is 9.47 Å². The number of ether oxygens (including phenoxy) is 2. The van der Waals surface area contributed by atoms with Gasteiger partial charge in [-0.15, -0.1) is 0 Å². The molecule has 0 bridgehead atoms. The Morgan fingerprint density at radius 2 is 1.90 bits per heavy atom. The second kappa shape index (κ2) is 5.98. The van der Waals surface area contributed by atoms with Crippen molar-refractivity contribution in [2.45, 2.75) is 13.3 Å². The summed E-state index contributed by atoms with van der Waals surface area (Å²) in [6.45, 7) is 2.07. The Morgan fingerprint density at radius 1 is 1.10 bits per heavy atom. The van der Waals surface area contributed by atoms with Crippen molar-refractivity contribution in [1.82, 2.24) is 0 Å². The number of aryl methyl sites for hydroxylation is 1. The third-order valence-corrected chi connectivity index (χ3v) is 3.00. The summed E-state index contributed by atoms with van der Waals surface area (Å²) in [5, 5.41) is 8.92. The summed E-state index contributed by atoms with van der Waals surface area (Å²) >= 11 is 0. The zero-order chi connectivity index (χ0) is 14.5. The SMILES string of the molecule is CCc1ccc(Oc2cc(C#N)ccc2N)c(OC)c1. The smallest absolute Gasteiger partial charge is 0.169 e. The van der Waals surface area contributed by atoms with Gasteiger partial charge >= 0.3 is 0 Å². The molecule has 0 saturated carbocycles. The van der Waals surface area contributed by atoms with Gasteiger partial charge in [0.25, 0.3) is 0 Å². The van der Waals surface area contributed by atoms with Crippen LogP contribution in [0.4, 0.5) is 5.69 Å². The fourth-order valence-corrected chi connectivity index (χ4v) is 1.83. The van der Waals surface area contributed by atoms with E-state index in [1.807, 2.05) is 18.2 Å². The number of nitrogens with zero attached hydrogens (tertiary/aromatic N) is 1. The summed E-state index contributed by atoms with van der Waals surface area (Å²) in [5.74, 6) is 1.67. The summed E-state index contributed by atoms with van der Waals surface area (Å²) in [6, 6.07) is 12.7. The molecule has 0 fully saturated rings. The van der Waals surface area contributed by atoms with Crippen LogP contribution in [0.25, 0.3) is 0 Å². The molecular weight excluding hydrogens is 252 g/mol. The van der Waals surface area contributed by atoms with Gasteiger partial charge in [0.1, 0.15) is 0 Å². The molecule has 0 aliphatic carbocycles. The molecule has 4 nitrogen and oxygen atoms in total. The molecule has 2 N–H and O–H groups in total. The van der Waals surface area contributed by atoms with Gasteiger partial charge in [0.2, 0.25) is 0 Å². The topological polar surface area (TPSA) is 68.3 Å². The van der Waals surface area contributed by atoms with E-state index in [-0.39, 0.29) is 0 Å². The molecule has 20 heavy (non-hydrogen) atoms. The lowest BCUT2D eigenvalue weighted by molar-refractivity contribution is 0.379. The Hall–Kier alpha value is -2.67. The number of rotatable bonds is 4. The first-order valence-corrected chi connectivity index (χ1v) is 6.32. The van der Waals surface area contributed by atoms with Crippen LogP contribution in [0.1, 0.15) is 18.1 Å². The number of methoxy groups -OCH3 is 1. The van der Waals surface area contributed by atoms with Crippen LogP contribution < -0.4 is 15.2 Å². The van der Waals surface area contributed by atoms with Crippen LogP contribution in [0.3, 0.4) is 0 Å². The van der Waals surface area contributed by atoms with Crippen molar-refractivity contribution in [1.29, 1.82) is 5.26 Å². The first-order valence-electron chi connectivity index (χ1n) is 6.32. The average Bonchev–Trinajstić information content (AvgIpc) is 2.49. The predicted molar refractivity (Wildman–Crippen MR) is 78.0 cm³/mol. The number of hydrogen-bond acceptors (Lipinski definition) is 4. The molecule has 0 spiro atoms. The highest BCUT2D eigenvalue weighted by atomic mass is 16.5. The number of nitriles is 1. The average molecular weight is 268 g/mol. The highest BCUT2D eigenvalue weighted by Gasteiger charge is 2.09. The lowest BCUT2D eigenvalue weighted by atomic mass is 10.1. The zero-order valence-electron chi connectivity index (χ0n) is 11.5. The van der Waals surface area contributed by atoms with Crippen LogP contribution in [0.5, 0.6) is 17.2 Å². The first kappa shape index (κ1) is 13.8. The number of nitrogen functional groups attached to an aromatic ring is 1. The third-order valence-electron chi connectivity index (χ3n) is 3.00. The van der Waals surface area contributed by atoms with Crippen molar-refractivity contribution in [2.24, 2.45) is 0 Å². The van der Waals surface area contributed by atoms with E-state index in [4.69, 9.17) is 20.5 Å². The largest absolute Gasteiger partial charge is 0.493 e. The minimum atomic E-state index is 0.451. The van der Waals surface area contributed by atoms with Crippen molar-refractivity contribution in [3.05, 3.63) is 47.5 Å². The zero-order valence-corrected chi connectivity index (χ0v) is 11.5. The van der Waals surface area contributed by atoms with Gasteiger partial charge in [-0.2, -0.15) is 5.26 Å². The molecular formula is C16H16N2O2. The van der Waals surface area contributed by atoms with Gasteiger partial charge in [0.15, 0.2) is 17.2 Å². The fraction of sp³-hybridized carbons (Fsp3) is 0.188. The van der Waals surface area contributed by atoms with E-state index in [1.54, 1.807) is 25.3 Å². The lowest BCUT2D eigenvalue weighted by Gasteiger charge is -2.13. The number of benzene rings is 2. The second-order valence-corrected chi connectivity index (χ2v) is 4.31. The number of hydrogen-bond donors (Lipinski definition) is 1. The molecule has 0 heterocycles. The van der Waals surface area contributed by atoms with Crippen LogP contribution in [-0.4, -0.2) is 7.11 Å². The van der Waals surface area contributed by atoms with Crippen molar-refractivity contribution in [3.8, 4) is 23.3 Å². The van der Waals surface area contributed by atoms with Gasteiger partial charge < -0.3 is 15.2 Å². The van der Waals surface area contributed by atoms with Crippen LogP contribution in [0, 0.1) is 11.3 Å². The van der Waals surface area contributed by atoms with Crippen LogP contribution in [0.15, 0.2) is 36.4 Å². The Morgan fingerprint density at radius 3 is 2.55 bits per heavy atom. The summed E-state index contributed by atoms with van der Waals surface area (Å²) in [7, 11) is 1.59. The maximum atomic E-state index is 8.92. The van der Waals surface area contributed by atoms with Crippen molar-refractivity contribution in [3.63, 3.8) is 0 Å². The highest BCUT2D eigenvalue weighted by molar-refractivity contribution is 5.58. The molecule has 0 aromatic heterocycles. The molecule has 102 valence electrons. The van der Waals surface area contributed by atoms with Gasteiger partial charge in [-0.25, -0.2) is 0 Å². The fourth-order valence-electron chi connectivity index (χ4n) is 1.83. The maximum absolute atomic E-state index is 8.92. The van der Waals surface area contributed by atoms with E-state index in [2.05, 4.69) is 13.0 Å². The van der Waals surface area contributed by atoms with Crippen molar-refractivity contribution in [2.75, 3.05) is 12.8 Å². The van der Waals surface area contributed by atoms with Gasteiger partial charge in [-0.3, -0.25) is 0 Å². The molecule has 0 aliphatic rings. The molecule has 0 amide bonds. The van der Waals surface area contributed by atoms with E-state index in [0.717, 1.165) is 12.0 Å². The van der Waals surface area contributed by atoms with E-state index in [9.17, 15) is 0 Å². The maximum Gasteiger partial charge on any atom is 0.169 e. The van der Waals surface area contributed by atoms with E-state index in [1.165, 1.54) is 0 Å². The predicted octanol–water partition coefficient (Wildman–Crippen LogP) is 3.50. The Bertz CT molecular complexity index is 660.